The molecule has 1 aromatic heterocycles. The Balaban J connectivity index is 1.10. The van der Waals surface area contributed by atoms with Gasteiger partial charge in [-0.1, -0.05) is 164 Å². The first-order chi connectivity index (χ1) is 24.3. The van der Waals surface area contributed by atoms with Crippen LogP contribution in [-0.2, 0) is 0 Å². The summed E-state index contributed by atoms with van der Waals surface area (Å²) in [7, 11) is 0. The molecule has 9 aromatic carbocycles. The Morgan fingerprint density at radius 2 is 0.694 bits per heavy atom. The maximum atomic E-state index is 2.39. The molecule has 0 spiro atoms. The molecular formula is C48H30S. The van der Waals surface area contributed by atoms with Crippen LogP contribution in [0, 0.1) is 0 Å². The third kappa shape index (κ3) is 4.58. The van der Waals surface area contributed by atoms with Gasteiger partial charge in [0.15, 0.2) is 0 Å². The first-order valence-electron chi connectivity index (χ1n) is 16.8. The smallest absolute Gasteiger partial charge is 0.0361 e. The van der Waals surface area contributed by atoms with Gasteiger partial charge in [0.25, 0.3) is 0 Å². The first kappa shape index (κ1) is 28.0. The molecule has 0 N–H and O–H groups in total. The molecular weight excluding hydrogens is 609 g/mol. The molecule has 0 radical (unpaired) electrons. The lowest BCUT2D eigenvalue weighted by atomic mass is 9.85. The molecule has 0 saturated carbocycles. The van der Waals surface area contributed by atoms with Gasteiger partial charge >= 0.3 is 0 Å². The fraction of sp³-hybridized carbons (Fsp3) is 0. The second-order valence-corrected chi connectivity index (χ2v) is 13.9. The molecule has 0 aliphatic rings. The summed E-state index contributed by atoms with van der Waals surface area (Å²) in [6.07, 6.45) is 0. The predicted molar refractivity (Wildman–Crippen MR) is 214 cm³/mol. The van der Waals surface area contributed by atoms with Gasteiger partial charge in [-0.05, 0) is 95.0 Å². The summed E-state index contributed by atoms with van der Waals surface area (Å²) in [6, 6.07) is 66.9. The zero-order chi connectivity index (χ0) is 32.3. The second kappa shape index (κ2) is 11.3. The molecule has 1 heterocycles. The van der Waals surface area contributed by atoms with E-state index in [0.29, 0.717) is 0 Å². The molecule has 0 amide bonds. The van der Waals surface area contributed by atoms with Crippen molar-refractivity contribution >= 4 is 63.8 Å². The highest BCUT2D eigenvalue weighted by molar-refractivity contribution is 7.26. The molecule has 1 heteroatoms. The van der Waals surface area contributed by atoms with E-state index in [1.54, 1.807) is 0 Å². The van der Waals surface area contributed by atoms with Crippen LogP contribution in [-0.4, -0.2) is 0 Å². The van der Waals surface area contributed by atoms with Gasteiger partial charge in [-0.3, -0.25) is 0 Å². The van der Waals surface area contributed by atoms with Crippen molar-refractivity contribution in [2.24, 2.45) is 0 Å². The van der Waals surface area contributed by atoms with Crippen LogP contribution in [0.5, 0.6) is 0 Å². The summed E-state index contributed by atoms with van der Waals surface area (Å²) < 4.78 is 2.68. The number of rotatable bonds is 4. The van der Waals surface area contributed by atoms with Crippen molar-refractivity contribution in [3.63, 3.8) is 0 Å². The van der Waals surface area contributed by atoms with Crippen LogP contribution in [0.25, 0.3) is 97.0 Å². The first-order valence-corrected chi connectivity index (χ1v) is 17.7. The fourth-order valence-electron chi connectivity index (χ4n) is 7.77. The Labute approximate surface area is 289 Å². The number of thiophene rings is 1. The Morgan fingerprint density at radius 1 is 0.265 bits per heavy atom. The van der Waals surface area contributed by atoms with E-state index in [9.17, 15) is 0 Å². The molecule has 0 aliphatic heterocycles. The molecule has 0 nitrogen and oxygen atoms in total. The maximum absolute atomic E-state index is 2.39. The number of hydrogen-bond acceptors (Lipinski definition) is 1. The minimum Gasteiger partial charge on any atom is -0.135 e. The van der Waals surface area contributed by atoms with E-state index >= 15 is 0 Å². The van der Waals surface area contributed by atoms with E-state index in [1.807, 2.05) is 11.3 Å². The van der Waals surface area contributed by atoms with Crippen molar-refractivity contribution in [2.75, 3.05) is 0 Å². The highest BCUT2D eigenvalue weighted by Gasteiger charge is 2.17. The normalized spacial score (nSPS) is 11.7. The van der Waals surface area contributed by atoms with Crippen LogP contribution in [0.2, 0.25) is 0 Å². The van der Waals surface area contributed by atoms with E-state index in [1.165, 1.54) is 97.0 Å². The molecule has 0 bridgehead atoms. The molecule has 0 aliphatic carbocycles. The van der Waals surface area contributed by atoms with E-state index < -0.39 is 0 Å². The molecule has 0 fully saturated rings. The quantitative estimate of drug-likeness (QED) is 0.168. The fourth-order valence-corrected chi connectivity index (χ4v) is 8.87. The van der Waals surface area contributed by atoms with Gasteiger partial charge in [0, 0.05) is 20.2 Å². The molecule has 0 unspecified atom stereocenters. The molecule has 10 aromatic rings. The number of hydrogen-bond donors (Lipinski definition) is 0. The van der Waals surface area contributed by atoms with Crippen LogP contribution in [0.1, 0.15) is 0 Å². The number of fused-ring (bicyclic) bond motifs is 7. The summed E-state index contributed by atoms with van der Waals surface area (Å²) in [4.78, 5) is 0. The minimum atomic E-state index is 1.23. The summed E-state index contributed by atoms with van der Waals surface area (Å²) >= 11 is 1.88. The van der Waals surface area contributed by atoms with Crippen molar-refractivity contribution in [1.29, 1.82) is 0 Å². The highest BCUT2D eigenvalue weighted by Crippen LogP contribution is 2.45. The molecule has 228 valence electrons. The standard InChI is InChI=1S/C48H30S/c1-2-10-31(11-3-1)32-18-22-35(23-19-32)46-39-14-6-8-16-41(39)47(42-17-9-7-15-40(42)46)36-24-20-33(21-25-36)37-27-28-44-43(30-37)48-38-13-5-4-12-34(38)26-29-45(48)49-44/h1-30H. The van der Waals surface area contributed by atoms with Crippen LogP contribution in [0.4, 0.5) is 0 Å². The van der Waals surface area contributed by atoms with E-state index in [2.05, 4.69) is 182 Å². The van der Waals surface area contributed by atoms with Crippen LogP contribution in [0.3, 0.4) is 0 Å². The average Bonchev–Trinajstić information content (AvgIpc) is 3.56. The van der Waals surface area contributed by atoms with E-state index in [4.69, 9.17) is 0 Å². The lowest BCUT2D eigenvalue weighted by Gasteiger charge is -2.18. The van der Waals surface area contributed by atoms with Crippen LogP contribution < -0.4 is 0 Å². The number of benzene rings is 9. The molecule has 49 heavy (non-hydrogen) atoms. The topological polar surface area (TPSA) is 0 Å². The highest BCUT2D eigenvalue weighted by atomic mass is 32.1. The van der Waals surface area contributed by atoms with Crippen LogP contribution >= 0.6 is 11.3 Å². The van der Waals surface area contributed by atoms with Crippen LogP contribution in [0.15, 0.2) is 182 Å². The summed E-state index contributed by atoms with van der Waals surface area (Å²) in [5, 5.41) is 10.4. The predicted octanol–water partition coefficient (Wildman–Crippen LogP) is 14.2. The second-order valence-electron chi connectivity index (χ2n) is 12.8. The summed E-state index contributed by atoms with van der Waals surface area (Å²) in [6.45, 7) is 0. The zero-order valence-electron chi connectivity index (χ0n) is 26.7. The van der Waals surface area contributed by atoms with Gasteiger partial charge in [-0.2, -0.15) is 0 Å². The van der Waals surface area contributed by atoms with E-state index in [-0.39, 0.29) is 0 Å². The zero-order valence-corrected chi connectivity index (χ0v) is 27.5. The average molecular weight is 639 g/mol. The van der Waals surface area contributed by atoms with Crippen molar-refractivity contribution in [1.82, 2.24) is 0 Å². The summed E-state index contributed by atoms with van der Waals surface area (Å²) in [5.74, 6) is 0. The Hall–Kier alpha value is -6.02. The Bertz CT molecular complexity index is 2780. The summed E-state index contributed by atoms with van der Waals surface area (Å²) in [5.41, 5.74) is 9.98. The van der Waals surface area contributed by atoms with Gasteiger partial charge in [0.2, 0.25) is 0 Å². The van der Waals surface area contributed by atoms with Gasteiger partial charge in [-0.15, -0.1) is 11.3 Å². The minimum absolute atomic E-state index is 1.23. The third-order valence-corrected chi connectivity index (χ3v) is 11.2. The van der Waals surface area contributed by atoms with Crippen molar-refractivity contribution in [3.8, 4) is 44.5 Å². The Kier molecular flexibility index (Phi) is 6.47. The monoisotopic (exact) mass is 638 g/mol. The van der Waals surface area contributed by atoms with Gasteiger partial charge < -0.3 is 0 Å². The lowest BCUT2D eigenvalue weighted by molar-refractivity contribution is 1.61. The van der Waals surface area contributed by atoms with Gasteiger partial charge in [-0.25, -0.2) is 0 Å². The third-order valence-electron chi connectivity index (χ3n) is 10.1. The largest absolute Gasteiger partial charge is 0.135 e. The van der Waals surface area contributed by atoms with E-state index in [0.717, 1.165) is 0 Å². The molecule has 10 rings (SSSR count). The van der Waals surface area contributed by atoms with Gasteiger partial charge in [0.05, 0.1) is 0 Å². The lowest BCUT2D eigenvalue weighted by Crippen LogP contribution is -1.91. The van der Waals surface area contributed by atoms with Crippen molar-refractivity contribution in [2.45, 2.75) is 0 Å². The maximum Gasteiger partial charge on any atom is 0.0361 e. The van der Waals surface area contributed by atoms with Gasteiger partial charge in [0.1, 0.15) is 0 Å². The molecule has 0 atom stereocenters. The molecule has 0 saturated heterocycles. The van der Waals surface area contributed by atoms with Crippen molar-refractivity contribution in [3.05, 3.63) is 182 Å². The SMILES string of the molecule is c1ccc(-c2ccc(-c3c4ccccc4c(-c4ccc(-c5ccc6sc7ccc8ccccc8c7c6c5)cc4)c4ccccc34)cc2)cc1. The Morgan fingerprint density at radius 3 is 1.29 bits per heavy atom. The van der Waals surface area contributed by atoms with Crippen molar-refractivity contribution < 1.29 is 0 Å².